The molecule has 6 heteroatoms. The van der Waals surface area contributed by atoms with Gasteiger partial charge in [-0.25, -0.2) is 0 Å². The van der Waals surface area contributed by atoms with Crippen LogP contribution in [-0.2, 0) is 4.79 Å². The Kier molecular flexibility index (Phi) is 5.87. The van der Waals surface area contributed by atoms with Gasteiger partial charge >= 0.3 is 5.97 Å². The molecular formula is C24H39N3O3. The Labute approximate surface area is 180 Å². The van der Waals surface area contributed by atoms with Gasteiger partial charge in [-0.1, -0.05) is 25.9 Å². The van der Waals surface area contributed by atoms with E-state index in [0.29, 0.717) is 35.5 Å². The van der Waals surface area contributed by atoms with Gasteiger partial charge in [0, 0.05) is 17.4 Å². The average Bonchev–Trinajstić information content (AvgIpc) is 3.04. The van der Waals surface area contributed by atoms with E-state index in [1.165, 1.54) is 25.7 Å². The van der Waals surface area contributed by atoms with Gasteiger partial charge in [-0.3, -0.25) is 4.79 Å². The van der Waals surface area contributed by atoms with Crippen LogP contribution in [0.15, 0.2) is 5.11 Å². The van der Waals surface area contributed by atoms with Gasteiger partial charge in [-0.15, -0.1) is 0 Å². The second kappa shape index (κ2) is 8.02. The summed E-state index contributed by atoms with van der Waals surface area (Å²) in [6, 6.07) is 0.0941. The molecule has 2 N–H and O–H groups in total. The monoisotopic (exact) mass is 417 g/mol. The standard InChI is InChI=1S/C24H39N3O3/c1-14(4-7-21(29)30)17-5-6-18-22-19(9-11-24(17,18)3)23(2)10-8-16(26-27-25)12-15(23)13-20(22)28/h14-20,22,28H,4-13H2,1-3H3,(H,29,30)/t14-,15+,16?,17-,18+,19+,20-,22+,23+,24-/m1/s1. The fourth-order valence-corrected chi connectivity index (χ4v) is 8.91. The van der Waals surface area contributed by atoms with Crippen molar-refractivity contribution >= 4 is 5.97 Å². The maximum absolute atomic E-state index is 11.4. The molecule has 4 aliphatic carbocycles. The highest BCUT2D eigenvalue weighted by Crippen LogP contribution is 2.68. The van der Waals surface area contributed by atoms with Crippen LogP contribution in [0.3, 0.4) is 0 Å². The quantitative estimate of drug-likeness (QED) is 0.335. The number of carbonyl (C=O) groups is 1. The highest BCUT2D eigenvalue weighted by atomic mass is 16.4. The molecular weight excluding hydrogens is 378 g/mol. The van der Waals surface area contributed by atoms with Crippen LogP contribution in [0.1, 0.15) is 85.0 Å². The summed E-state index contributed by atoms with van der Waals surface area (Å²) in [5.74, 6) is 2.24. The van der Waals surface area contributed by atoms with E-state index in [1.54, 1.807) is 0 Å². The van der Waals surface area contributed by atoms with Crippen LogP contribution in [0.2, 0.25) is 0 Å². The Morgan fingerprint density at radius 1 is 1.13 bits per heavy atom. The molecule has 30 heavy (non-hydrogen) atoms. The van der Waals surface area contributed by atoms with Gasteiger partial charge in [0.25, 0.3) is 0 Å². The number of nitrogens with zero attached hydrogens (tertiary/aromatic N) is 3. The Bertz CT molecular complexity index is 722. The predicted molar refractivity (Wildman–Crippen MR) is 116 cm³/mol. The molecule has 1 unspecified atom stereocenters. The maximum atomic E-state index is 11.4. The van der Waals surface area contributed by atoms with Gasteiger partial charge in [-0.2, -0.15) is 0 Å². The zero-order valence-corrected chi connectivity index (χ0v) is 18.8. The molecule has 0 amide bonds. The first-order valence-electron chi connectivity index (χ1n) is 12.1. The number of aliphatic hydroxyl groups excluding tert-OH is 1. The Balaban J connectivity index is 1.54. The van der Waals surface area contributed by atoms with Crippen LogP contribution in [0.5, 0.6) is 0 Å². The fourth-order valence-electron chi connectivity index (χ4n) is 8.91. The van der Waals surface area contributed by atoms with Crippen molar-refractivity contribution in [2.24, 2.45) is 51.5 Å². The summed E-state index contributed by atoms with van der Waals surface area (Å²) in [6.07, 6.45) is 9.37. The predicted octanol–water partition coefficient (Wildman–Crippen LogP) is 5.80. The smallest absolute Gasteiger partial charge is 0.303 e. The Morgan fingerprint density at radius 2 is 1.83 bits per heavy atom. The van der Waals surface area contributed by atoms with E-state index in [-0.39, 0.29) is 29.4 Å². The number of hydrogen-bond acceptors (Lipinski definition) is 3. The Morgan fingerprint density at radius 3 is 2.53 bits per heavy atom. The van der Waals surface area contributed by atoms with Crippen molar-refractivity contribution in [1.82, 2.24) is 0 Å². The molecule has 4 fully saturated rings. The summed E-state index contributed by atoms with van der Waals surface area (Å²) in [5, 5.41) is 24.5. The van der Waals surface area contributed by atoms with Gasteiger partial charge in [0.05, 0.1) is 6.10 Å². The molecule has 4 aliphatic rings. The first-order valence-corrected chi connectivity index (χ1v) is 12.1. The van der Waals surface area contributed by atoms with Crippen LogP contribution in [-0.4, -0.2) is 28.3 Å². The first kappa shape index (κ1) is 22.0. The molecule has 0 bridgehead atoms. The number of fused-ring (bicyclic) bond motifs is 5. The summed E-state index contributed by atoms with van der Waals surface area (Å²) in [5.41, 5.74) is 9.34. The minimum atomic E-state index is -0.691. The van der Waals surface area contributed by atoms with Crippen molar-refractivity contribution in [3.8, 4) is 0 Å². The average molecular weight is 418 g/mol. The third-order valence-corrected chi connectivity index (χ3v) is 10.4. The molecule has 0 spiro atoms. The second-order valence-electron chi connectivity index (χ2n) is 11.6. The molecule has 0 aromatic carbocycles. The van der Waals surface area contributed by atoms with E-state index in [9.17, 15) is 9.90 Å². The van der Waals surface area contributed by atoms with E-state index in [4.69, 9.17) is 10.6 Å². The minimum Gasteiger partial charge on any atom is -0.481 e. The largest absolute Gasteiger partial charge is 0.481 e. The van der Waals surface area contributed by atoms with E-state index < -0.39 is 5.97 Å². The van der Waals surface area contributed by atoms with Crippen molar-refractivity contribution in [3.63, 3.8) is 0 Å². The van der Waals surface area contributed by atoms with E-state index >= 15 is 0 Å². The van der Waals surface area contributed by atoms with Gasteiger partial charge in [0.15, 0.2) is 0 Å². The number of aliphatic carboxylic acids is 1. The van der Waals surface area contributed by atoms with Gasteiger partial charge in [0.2, 0.25) is 0 Å². The SMILES string of the molecule is C[C@H](CCC(=O)O)[C@H]1CC[C@H]2[C@@H]3[C@H](O)C[C@@H]4CC(N=[N+]=[N-])CC[C@]4(C)[C@H]3CC[C@]12C. The van der Waals surface area contributed by atoms with Crippen molar-refractivity contribution in [1.29, 1.82) is 0 Å². The summed E-state index contributed by atoms with van der Waals surface area (Å²) in [7, 11) is 0. The van der Waals surface area contributed by atoms with Crippen molar-refractivity contribution < 1.29 is 15.0 Å². The number of carboxylic acids is 1. The molecule has 4 saturated carbocycles. The number of rotatable bonds is 5. The molecule has 10 atom stereocenters. The lowest BCUT2D eigenvalue weighted by Gasteiger charge is -2.62. The zero-order chi connectivity index (χ0) is 21.7. The topological polar surface area (TPSA) is 106 Å². The van der Waals surface area contributed by atoms with Crippen LogP contribution in [0.25, 0.3) is 10.4 Å². The van der Waals surface area contributed by atoms with Crippen LogP contribution in [0.4, 0.5) is 0 Å². The molecule has 0 aromatic heterocycles. The molecule has 0 aliphatic heterocycles. The van der Waals surface area contributed by atoms with Gasteiger partial charge in [-0.05, 0) is 110 Å². The highest BCUT2D eigenvalue weighted by Gasteiger charge is 2.62. The van der Waals surface area contributed by atoms with Crippen molar-refractivity contribution in [2.75, 3.05) is 0 Å². The van der Waals surface area contributed by atoms with E-state index in [1.807, 2.05) is 0 Å². The van der Waals surface area contributed by atoms with Gasteiger partial charge < -0.3 is 10.2 Å². The molecule has 0 aromatic rings. The summed E-state index contributed by atoms with van der Waals surface area (Å²) < 4.78 is 0. The zero-order valence-electron chi connectivity index (χ0n) is 18.8. The third-order valence-electron chi connectivity index (χ3n) is 10.4. The van der Waals surface area contributed by atoms with Crippen molar-refractivity contribution in [2.45, 2.75) is 97.1 Å². The molecule has 0 radical (unpaired) electrons. The number of aliphatic hydroxyl groups is 1. The molecule has 4 rings (SSSR count). The molecule has 6 nitrogen and oxygen atoms in total. The highest BCUT2D eigenvalue weighted by molar-refractivity contribution is 5.66. The third kappa shape index (κ3) is 3.44. The molecule has 0 heterocycles. The van der Waals surface area contributed by atoms with Crippen LogP contribution in [0, 0.1) is 46.3 Å². The number of hydrogen-bond donors (Lipinski definition) is 2. The summed E-state index contributed by atoms with van der Waals surface area (Å²) in [4.78, 5) is 14.1. The number of azide groups is 1. The summed E-state index contributed by atoms with van der Waals surface area (Å²) >= 11 is 0. The lowest BCUT2D eigenvalue weighted by Crippen LogP contribution is -2.58. The van der Waals surface area contributed by atoms with Crippen molar-refractivity contribution in [3.05, 3.63) is 10.4 Å². The molecule has 168 valence electrons. The normalized spacial score (nSPS) is 48.6. The number of carboxylic acid groups (broad SMARTS) is 1. The van der Waals surface area contributed by atoms with E-state index in [2.05, 4.69) is 30.8 Å². The lowest BCUT2D eigenvalue weighted by atomic mass is 9.43. The lowest BCUT2D eigenvalue weighted by molar-refractivity contribution is -0.166. The second-order valence-corrected chi connectivity index (χ2v) is 11.6. The van der Waals surface area contributed by atoms with Crippen LogP contribution >= 0.6 is 0 Å². The van der Waals surface area contributed by atoms with Crippen LogP contribution < -0.4 is 0 Å². The van der Waals surface area contributed by atoms with Gasteiger partial charge in [0.1, 0.15) is 0 Å². The maximum Gasteiger partial charge on any atom is 0.303 e. The van der Waals surface area contributed by atoms with E-state index in [0.717, 1.165) is 32.1 Å². The Hall–Kier alpha value is -1.26. The first-order chi connectivity index (χ1) is 14.2. The minimum absolute atomic E-state index is 0.0941. The summed E-state index contributed by atoms with van der Waals surface area (Å²) in [6.45, 7) is 7.15. The fraction of sp³-hybridized carbons (Fsp3) is 0.958. The molecule has 0 saturated heterocycles.